The maximum absolute atomic E-state index is 9.93. The predicted molar refractivity (Wildman–Crippen MR) is 206 cm³/mol. The summed E-state index contributed by atoms with van der Waals surface area (Å²) in [5.41, 5.74) is 11.2. The van der Waals surface area contributed by atoms with Gasteiger partial charge in [0.05, 0.1) is 22.7 Å². The van der Waals surface area contributed by atoms with Crippen molar-refractivity contribution >= 4 is 54.1 Å². The van der Waals surface area contributed by atoms with Crippen LogP contribution >= 0.6 is 0 Å². The molecular formula is C47H28N2. The number of benzene rings is 9. The van der Waals surface area contributed by atoms with Gasteiger partial charge < -0.3 is 4.57 Å². The second kappa shape index (κ2) is 10.7. The van der Waals surface area contributed by atoms with Crippen LogP contribution < -0.4 is 0 Å². The molecule has 49 heavy (non-hydrogen) atoms. The van der Waals surface area contributed by atoms with E-state index in [1.165, 1.54) is 65.5 Å². The van der Waals surface area contributed by atoms with Gasteiger partial charge in [0.15, 0.2) is 0 Å². The third-order valence-electron chi connectivity index (χ3n) is 10.1. The quantitative estimate of drug-likeness (QED) is 0.142. The Labute approximate surface area is 283 Å². The van der Waals surface area contributed by atoms with Crippen molar-refractivity contribution in [1.82, 2.24) is 4.57 Å². The Bertz CT molecular complexity index is 2910. The zero-order chi connectivity index (χ0) is 32.5. The van der Waals surface area contributed by atoms with Gasteiger partial charge in [-0.2, -0.15) is 5.26 Å². The largest absolute Gasteiger partial charge is 0.309 e. The number of aromatic nitrogens is 1. The van der Waals surface area contributed by atoms with Crippen LogP contribution in [0.1, 0.15) is 5.56 Å². The lowest BCUT2D eigenvalue weighted by atomic mass is 9.84. The summed E-state index contributed by atoms with van der Waals surface area (Å²) in [6.45, 7) is 0. The fourth-order valence-electron chi connectivity index (χ4n) is 8.04. The van der Waals surface area contributed by atoms with Gasteiger partial charge in [-0.05, 0) is 108 Å². The molecule has 1 aromatic heterocycles. The third kappa shape index (κ3) is 4.13. The van der Waals surface area contributed by atoms with Gasteiger partial charge >= 0.3 is 0 Å². The van der Waals surface area contributed by atoms with E-state index in [1.54, 1.807) is 0 Å². The first-order valence-corrected chi connectivity index (χ1v) is 16.7. The van der Waals surface area contributed by atoms with Gasteiger partial charge in [-0.15, -0.1) is 0 Å². The number of hydrogen-bond acceptors (Lipinski definition) is 1. The van der Waals surface area contributed by atoms with Crippen LogP contribution in [0.25, 0.3) is 93.2 Å². The molecule has 9 aromatic carbocycles. The smallest absolute Gasteiger partial charge is 0.0992 e. The highest BCUT2D eigenvalue weighted by Gasteiger charge is 2.21. The van der Waals surface area contributed by atoms with Crippen LogP contribution in [0.15, 0.2) is 170 Å². The minimum Gasteiger partial charge on any atom is -0.309 e. The molecule has 0 N–H and O–H groups in total. The van der Waals surface area contributed by atoms with Crippen LogP contribution in [-0.2, 0) is 0 Å². The summed E-state index contributed by atoms with van der Waals surface area (Å²) in [5.74, 6) is 0. The van der Waals surface area contributed by atoms with E-state index in [0.29, 0.717) is 5.56 Å². The molecule has 0 aliphatic rings. The Morgan fingerprint density at radius 1 is 0.388 bits per heavy atom. The van der Waals surface area contributed by atoms with Gasteiger partial charge in [0.2, 0.25) is 0 Å². The molecule has 226 valence electrons. The minimum absolute atomic E-state index is 0.667. The molecule has 0 bridgehead atoms. The minimum atomic E-state index is 0.667. The highest BCUT2D eigenvalue weighted by atomic mass is 15.0. The molecule has 1 heterocycles. The standard InChI is InChI=1S/C47H28N2/c48-29-30-24-34-20-21-35-26-36(28-43-47(35)46(34)42(25-30)49(43)37-16-8-3-9-17-37)33-22-23-40-41(27-33)45(32-14-6-2-7-15-32)39-19-11-10-18-38(39)44(40)31-12-4-1-5-13-31/h1-28H. The number of hydrogen-bond donors (Lipinski definition) is 0. The maximum Gasteiger partial charge on any atom is 0.0992 e. The first-order valence-electron chi connectivity index (χ1n) is 16.7. The summed E-state index contributed by atoms with van der Waals surface area (Å²) in [6.07, 6.45) is 0. The molecule has 0 atom stereocenters. The topological polar surface area (TPSA) is 28.7 Å². The molecule has 10 rings (SSSR count). The summed E-state index contributed by atoms with van der Waals surface area (Å²) >= 11 is 0. The predicted octanol–water partition coefficient (Wildman–Crippen LogP) is 12.6. The number of fused-ring (bicyclic) bond motifs is 2. The monoisotopic (exact) mass is 620 g/mol. The normalized spacial score (nSPS) is 11.7. The second-order valence-corrected chi connectivity index (χ2v) is 12.8. The summed E-state index contributed by atoms with van der Waals surface area (Å²) < 4.78 is 2.33. The first-order chi connectivity index (χ1) is 24.3. The average molecular weight is 621 g/mol. The Balaban J connectivity index is 1.31. The maximum atomic E-state index is 9.93. The van der Waals surface area contributed by atoms with E-state index in [4.69, 9.17) is 0 Å². The van der Waals surface area contributed by atoms with Crippen LogP contribution in [-0.4, -0.2) is 4.57 Å². The van der Waals surface area contributed by atoms with Crippen molar-refractivity contribution in [3.05, 3.63) is 175 Å². The lowest BCUT2D eigenvalue weighted by Gasteiger charge is -2.19. The van der Waals surface area contributed by atoms with E-state index in [9.17, 15) is 5.26 Å². The third-order valence-corrected chi connectivity index (χ3v) is 10.1. The molecule has 0 radical (unpaired) electrons. The summed E-state index contributed by atoms with van der Waals surface area (Å²) in [5, 5.41) is 19.6. The molecule has 0 unspecified atom stereocenters. The molecule has 0 aliphatic heterocycles. The summed E-state index contributed by atoms with van der Waals surface area (Å²) in [7, 11) is 0. The first kappa shape index (κ1) is 27.4. The average Bonchev–Trinajstić information content (AvgIpc) is 3.51. The van der Waals surface area contributed by atoms with Crippen LogP contribution in [0.4, 0.5) is 0 Å². The van der Waals surface area contributed by atoms with E-state index in [2.05, 4.69) is 162 Å². The van der Waals surface area contributed by atoms with Crippen LogP contribution in [0.2, 0.25) is 0 Å². The molecule has 0 saturated carbocycles. The van der Waals surface area contributed by atoms with Crippen molar-refractivity contribution in [3.63, 3.8) is 0 Å². The van der Waals surface area contributed by atoms with Crippen molar-refractivity contribution in [1.29, 1.82) is 5.26 Å². The van der Waals surface area contributed by atoms with Crippen molar-refractivity contribution in [3.8, 4) is 45.1 Å². The van der Waals surface area contributed by atoms with Gasteiger partial charge in [-0.25, -0.2) is 0 Å². The van der Waals surface area contributed by atoms with Crippen molar-refractivity contribution in [2.24, 2.45) is 0 Å². The van der Waals surface area contributed by atoms with Crippen molar-refractivity contribution < 1.29 is 0 Å². The molecule has 10 aromatic rings. The fourth-order valence-corrected chi connectivity index (χ4v) is 8.04. The Morgan fingerprint density at radius 2 is 0.918 bits per heavy atom. The number of nitrogens with zero attached hydrogens (tertiary/aromatic N) is 2. The zero-order valence-electron chi connectivity index (χ0n) is 26.6. The summed E-state index contributed by atoms with van der Waals surface area (Å²) in [6, 6.07) is 63.4. The van der Waals surface area contributed by atoms with Crippen LogP contribution in [0.5, 0.6) is 0 Å². The molecule has 0 fully saturated rings. The number of nitriles is 1. The molecular weight excluding hydrogens is 593 g/mol. The lowest BCUT2D eigenvalue weighted by molar-refractivity contribution is 1.18. The molecule has 2 nitrogen and oxygen atoms in total. The Kier molecular flexibility index (Phi) is 5.97. The van der Waals surface area contributed by atoms with E-state index < -0.39 is 0 Å². The molecule has 0 amide bonds. The molecule has 0 saturated heterocycles. The van der Waals surface area contributed by atoms with E-state index in [-0.39, 0.29) is 0 Å². The molecule has 0 spiro atoms. The Morgan fingerprint density at radius 3 is 1.55 bits per heavy atom. The van der Waals surface area contributed by atoms with Gasteiger partial charge in [-0.3, -0.25) is 0 Å². The number of rotatable bonds is 4. The Hall–Kier alpha value is -6.69. The van der Waals surface area contributed by atoms with E-state index >= 15 is 0 Å². The van der Waals surface area contributed by atoms with E-state index in [1.807, 2.05) is 18.2 Å². The van der Waals surface area contributed by atoms with Gasteiger partial charge in [0.25, 0.3) is 0 Å². The van der Waals surface area contributed by atoms with Crippen LogP contribution in [0, 0.1) is 11.3 Å². The van der Waals surface area contributed by atoms with Crippen LogP contribution in [0.3, 0.4) is 0 Å². The van der Waals surface area contributed by atoms with Crippen molar-refractivity contribution in [2.45, 2.75) is 0 Å². The summed E-state index contributed by atoms with van der Waals surface area (Å²) in [4.78, 5) is 0. The van der Waals surface area contributed by atoms with Gasteiger partial charge in [0, 0.05) is 16.5 Å². The second-order valence-electron chi connectivity index (χ2n) is 12.8. The van der Waals surface area contributed by atoms with Crippen molar-refractivity contribution in [2.75, 3.05) is 0 Å². The fraction of sp³-hybridized carbons (Fsp3) is 0. The highest BCUT2D eigenvalue weighted by molar-refractivity contribution is 6.26. The van der Waals surface area contributed by atoms with E-state index in [0.717, 1.165) is 27.7 Å². The lowest BCUT2D eigenvalue weighted by Crippen LogP contribution is -1.94. The zero-order valence-corrected chi connectivity index (χ0v) is 26.6. The highest BCUT2D eigenvalue weighted by Crippen LogP contribution is 2.46. The molecule has 0 aliphatic carbocycles. The number of para-hydroxylation sites is 1. The van der Waals surface area contributed by atoms with Gasteiger partial charge in [0.1, 0.15) is 0 Å². The van der Waals surface area contributed by atoms with Gasteiger partial charge in [-0.1, -0.05) is 127 Å². The molecule has 2 heteroatoms. The SMILES string of the molecule is N#Cc1cc2ccc3cc(-c4ccc5c(-c6ccccc6)c6ccccc6c(-c6ccccc6)c5c4)cc4c3c2c(c1)n4-c1ccccc1.